The zero-order chi connectivity index (χ0) is 18.9. The Balaban J connectivity index is 1.68. The number of hydrogen-bond donors (Lipinski definition) is 1. The van der Waals surface area contributed by atoms with Crippen LogP contribution in [0.1, 0.15) is 5.56 Å². The highest BCUT2D eigenvalue weighted by Gasteiger charge is 2.11. The molecule has 2 N–H and O–H groups in total. The summed E-state index contributed by atoms with van der Waals surface area (Å²) in [5.74, 6) is 8.45. The van der Waals surface area contributed by atoms with E-state index in [0.717, 1.165) is 22.7 Å². The fourth-order valence-corrected chi connectivity index (χ4v) is 3.21. The molecule has 5 nitrogen and oxygen atoms in total. The van der Waals surface area contributed by atoms with E-state index in [0.29, 0.717) is 10.9 Å². The van der Waals surface area contributed by atoms with Gasteiger partial charge in [-0.15, -0.1) is 5.10 Å². The number of ether oxygens (including phenoxy) is 1. The maximum Gasteiger partial charge on any atom is 0.204 e. The molecule has 0 aliphatic rings. The Morgan fingerprint density at radius 2 is 1.59 bits per heavy atom. The van der Waals surface area contributed by atoms with E-state index in [1.165, 1.54) is 16.8 Å². The number of para-hydroxylation sites is 2. The Hall–Kier alpha value is -3.09. The Kier molecular flexibility index (Phi) is 6.62. The first-order valence-electron chi connectivity index (χ1n) is 8.34. The smallest absolute Gasteiger partial charge is 0.204 e. The summed E-state index contributed by atoms with van der Waals surface area (Å²) in [5.41, 5.74) is 1.92. The van der Waals surface area contributed by atoms with E-state index in [4.69, 9.17) is 10.6 Å². The largest absolute Gasteiger partial charge is 0.457 e. The highest BCUT2D eigenvalue weighted by molar-refractivity contribution is 8.13. The summed E-state index contributed by atoms with van der Waals surface area (Å²) >= 11 is 1.48. The minimum absolute atomic E-state index is 0.561. The van der Waals surface area contributed by atoms with Crippen molar-refractivity contribution in [2.75, 3.05) is 5.01 Å². The molecule has 0 radical (unpaired) electrons. The van der Waals surface area contributed by atoms with Crippen LogP contribution in [0.15, 0.2) is 95.1 Å². The second-order valence-electron chi connectivity index (χ2n) is 5.58. The number of anilines is 1. The predicted molar refractivity (Wildman–Crippen MR) is 114 cm³/mol. The molecule has 3 aromatic rings. The fraction of sp³-hybridized carbons (Fsp3) is 0.0476. The Bertz CT molecular complexity index is 900. The van der Waals surface area contributed by atoms with Crippen molar-refractivity contribution in [1.82, 2.24) is 0 Å². The van der Waals surface area contributed by atoms with Crippen molar-refractivity contribution in [2.24, 2.45) is 16.0 Å². The first-order chi connectivity index (χ1) is 13.3. The Morgan fingerprint density at radius 1 is 0.926 bits per heavy atom. The van der Waals surface area contributed by atoms with Crippen molar-refractivity contribution in [3.8, 4) is 11.5 Å². The summed E-state index contributed by atoms with van der Waals surface area (Å²) in [6, 6.07) is 27.2. The summed E-state index contributed by atoms with van der Waals surface area (Å²) in [5, 5.41) is 9.77. The molecule has 3 aromatic carbocycles. The highest BCUT2D eigenvalue weighted by Crippen LogP contribution is 2.25. The minimum atomic E-state index is 0.561. The maximum atomic E-state index is 6.19. The topological polar surface area (TPSA) is 63.2 Å². The molecule has 0 saturated heterocycles. The monoisotopic (exact) mass is 376 g/mol. The van der Waals surface area contributed by atoms with Crippen LogP contribution in [0.4, 0.5) is 5.69 Å². The molecule has 0 heterocycles. The molecule has 3 rings (SSSR count). The lowest BCUT2D eigenvalue weighted by atomic mass is 10.2. The van der Waals surface area contributed by atoms with Crippen molar-refractivity contribution in [2.45, 2.75) is 5.75 Å². The van der Waals surface area contributed by atoms with Gasteiger partial charge in [0.1, 0.15) is 11.5 Å². The third-order valence-electron chi connectivity index (χ3n) is 3.64. The van der Waals surface area contributed by atoms with Crippen LogP contribution in [0.3, 0.4) is 0 Å². The van der Waals surface area contributed by atoms with Gasteiger partial charge in [-0.1, -0.05) is 60.3 Å². The lowest BCUT2D eigenvalue weighted by Crippen LogP contribution is -2.35. The average molecular weight is 376 g/mol. The molecule has 0 aliphatic heterocycles. The predicted octanol–water partition coefficient (Wildman–Crippen LogP) is 5.06. The molecule has 0 bridgehead atoms. The van der Waals surface area contributed by atoms with Gasteiger partial charge in [-0.05, 0) is 42.0 Å². The molecule has 0 aliphatic carbocycles. The number of thioether (sulfide) groups is 1. The first kappa shape index (κ1) is 18.7. The molecule has 0 unspecified atom stereocenters. The van der Waals surface area contributed by atoms with E-state index < -0.39 is 0 Å². The van der Waals surface area contributed by atoms with E-state index in [9.17, 15) is 0 Å². The van der Waals surface area contributed by atoms with Gasteiger partial charge in [0.25, 0.3) is 0 Å². The molecule has 0 fully saturated rings. The van der Waals surface area contributed by atoms with Gasteiger partial charge in [-0.2, -0.15) is 5.10 Å². The van der Waals surface area contributed by atoms with Gasteiger partial charge >= 0.3 is 0 Å². The number of hydrazine groups is 1. The van der Waals surface area contributed by atoms with E-state index >= 15 is 0 Å². The number of nitrogens with two attached hydrogens (primary N) is 1. The number of amidine groups is 1. The van der Waals surface area contributed by atoms with Crippen LogP contribution in [0.5, 0.6) is 11.5 Å². The normalized spacial score (nSPS) is 11.1. The highest BCUT2D eigenvalue weighted by atomic mass is 32.2. The molecular formula is C21H20N4OS. The van der Waals surface area contributed by atoms with Gasteiger partial charge in [0.05, 0.1) is 5.69 Å². The van der Waals surface area contributed by atoms with Crippen molar-refractivity contribution >= 4 is 29.3 Å². The molecule has 0 amide bonds. The van der Waals surface area contributed by atoms with Gasteiger partial charge in [-0.3, -0.25) is 5.01 Å². The molecule has 27 heavy (non-hydrogen) atoms. The lowest BCUT2D eigenvalue weighted by Gasteiger charge is -2.19. The standard InChI is InChI=1S/C21H20N4OS/c1-23-24-21(25(22)18-10-4-2-5-11-18)27-16-17-9-8-14-20(15-17)26-19-12-6-3-7-13-19/h2-15H,1,16,22H2/b24-21+. The van der Waals surface area contributed by atoms with Crippen LogP contribution < -0.4 is 15.6 Å². The average Bonchev–Trinajstić information content (AvgIpc) is 2.72. The van der Waals surface area contributed by atoms with Gasteiger partial charge < -0.3 is 4.74 Å². The van der Waals surface area contributed by atoms with Gasteiger partial charge in [0.15, 0.2) is 0 Å². The summed E-state index contributed by atoms with van der Waals surface area (Å²) in [7, 11) is 0. The SMILES string of the molecule is C=N/N=C(/SCc1cccc(Oc2ccccc2)c1)N(N)c1ccccc1. The molecule has 0 atom stereocenters. The minimum Gasteiger partial charge on any atom is -0.457 e. The molecule has 0 aromatic heterocycles. The number of hydrogen-bond acceptors (Lipinski definition) is 5. The van der Waals surface area contributed by atoms with Gasteiger partial charge in [0.2, 0.25) is 5.17 Å². The van der Waals surface area contributed by atoms with Gasteiger partial charge in [0, 0.05) is 12.5 Å². The lowest BCUT2D eigenvalue weighted by molar-refractivity contribution is 0.482. The molecule has 0 spiro atoms. The third-order valence-corrected chi connectivity index (χ3v) is 4.66. The van der Waals surface area contributed by atoms with E-state index in [-0.39, 0.29) is 0 Å². The Morgan fingerprint density at radius 3 is 2.30 bits per heavy atom. The van der Waals surface area contributed by atoms with Crippen LogP contribution in [-0.4, -0.2) is 11.9 Å². The van der Waals surface area contributed by atoms with E-state index in [1.54, 1.807) is 0 Å². The summed E-state index contributed by atoms with van der Waals surface area (Å²) < 4.78 is 5.89. The first-order valence-corrected chi connectivity index (χ1v) is 9.33. The summed E-state index contributed by atoms with van der Waals surface area (Å²) in [6.45, 7) is 3.44. The van der Waals surface area contributed by atoms with E-state index in [1.807, 2.05) is 84.9 Å². The second-order valence-corrected chi connectivity index (χ2v) is 6.52. The number of nitrogens with zero attached hydrogens (tertiary/aromatic N) is 3. The summed E-state index contributed by atoms with van der Waals surface area (Å²) in [6.07, 6.45) is 0. The maximum absolute atomic E-state index is 6.19. The number of benzene rings is 3. The van der Waals surface area contributed by atoms with Crippen molar-refractivity contribution in [3.63, 3.8) is 0 Å². The van der Waals surface area contributed by atoms with Crippen molar-refractivity contribution in [3.05, 3.63) is 90.5 Å². The van der Waals surface area contributed by atoms with Crippen molar-refractivity contribution in [1.29, 1.82) is 0 Å². The van der Waals surface area contributed by atoms with Crippen LogP contribution >= 0.6 is 11.8 Å². The van der Waals surface area contributed by atoms with Crippen LogP contribution in [0.25, 0.3) is 0 Å². The fourth-order valence-electron chi connectivity index (χ4n) is 2.38. The van der Waals surface area contributed by atoms with Crippen molar-refractivity contribution < 1.29 is 4.74 Å². The van der Waals surface area contributed by atoms with Crippen LogP contribution in [-0.2, 0) is 5.75 Å². The van der Waals surface area contributed by atoms with Crippen LogP contribution in [0, 0.1) is 0 Å². The molecule has 6 heteroatoms. The molecular weight excluding hydrogens is 356 g/mol. The van der Waals surface area contributed by atoms with Gasteiger partial charge in [-0.25, -0.2) is 5.84 Å². The quantitative estimate of drug-likeness (QED) is 0.282. The third kappa shape index (κ3) is 5.44. The summed E-state index contributed by atoms with van der Waals surface area (Å²) in [4.78, 5) is 0. The zero-order valence-electron chi connectivity index (χ0n) is 14.7. The second kappa shape index (κ2) is 9.56. The Labute approximate surface area is 163 Å². The molecule has 0 saturated carbocycles. The van der Waals surface area contributed by atoms with Crippen LogP contribution in [0.2, 0.25) is 0 Å². The van der Waals surface area contributed by atoms with E-state index in [2.05, 4.69) is 16.9 Å². The zero-order valence-corrected chi connectivity index (χ0v) is 15.5. The number of rotatable bonds is 6. The molecule has 136 valence electrons.